The number of hydrogen-bond donors (Lipinski definition) is 0. The van der Waals surface area contributed by atoms with Crippen LogP contribution in [0.15, 0.2) is 47.6 Å². The van der Waals surface area contributed by atoms with Crippen LogP contribution in [0.1, 0.15) is 37.7 Å². The van der Waals surface area contributed by atoms with E-state index in [4.69, 9.17) is 9.47 Å². The second kappa shape index (κ2) is 8.37. The molecule has 2 aromatic rings. The molecule has 0 spiro atoms. The first-order valence-electron chi connectivity index (χ1n) is 11.1. The zero-order chi connectivity index (χ0) is 22.2. The summed E-state index contributed by atoms with van der Waals surface area (Å²) in [6.45, 7) is 1.52. The quantitative estimate of drug-likeness (QED) is 0.701. The maximum absolute atomic E-state index is 13.9. The minimum atomic E-state index is -3.61. The van der Waals surface area contributed by atoms with Crippen LogP contribution < -0.4 is 9.47 Å². The average Bonchev–Trinajstić information content (AvgIpc) is 3.33. The third-order valence-corrected chi connectivity index (χ3v) is 8.72. The molecular weight excluding hydrogens is 430 g/mol. The molecule has 0 unspecified atom stereocenters. The lowest BCUT2D eigenvalue weighted by Crippen LogP contribution is -2.56. The maximum Gasteiger partial charge on any atom is 0.244 e. The molecule has 3 aliphatic rings. The first kappa shape index (κ1) is 21.2. The number of aromatic nitrogens is 1. The molecule has 1 amide bonds. The summed E-state index contributed by atoms with van der Waals surface area (Å²) in [4.78, 5) is 19.8. The summed E-state index contributed by atoms with van der Waals surface area (Å²) in [6, 6.07) is 9.00. The fourth-order valence-corrected chi connectivity index (χ4v) is 6.45. The number of nitrogens with zero attached hydrogens (tertiary/aromatic N) is 3. The number of fused-ring (bicyclic) bond motifs is 1. The van der Waals surface area contributed by atoms with Crippen molar-refractivity contribution in [1.29, 1.82) is 0 Å². The third-order valence-electron chi connectivity index (χ3n) is 6.84. The van der Waals surface area contributed by atoms with E-state index in [2.05, 4.69) is 4.98 Å². The van der Waals surface area contributed by atoms with Crippen molar-refractivity contribution in [2.75, 3.05) is 33.0 Å². The van der Waals surface area contributed by atoms with E-state index < -0.39 is 15.4 Å². The second-order valence-electron chi connectivity index (χ2n) is 8.60. The smallest absolute Gasteiger partial charge is 0.244 e. The van der Waals surface area contributed by atoms with Crippen LogP contribution in [0.4, 0.5) is 0 Å². The Morgan fingerprint density at radius 1 is 0.969 bits per heavy atom. The standard InChI is InChI=1S/C23H27N3O5S/c27-22(25-11-13-26(14-12-25)32(28,29)19-5-4-10-24-16-19)23(8-2-1-3-9-23)18-6-7-20-21(15-18)31-17-30-20/h4-7,10,15-16H,1-3,8-9,11-14,17H2. The van der Waals surface area contributed by atoms with Gasteiger partial charge in [-0.1, -0.05) is 25.3 Å². The van der Waals surface area contributed by atoms with Crippen LogP contribution in [0.2, 0.25) is 0 Å². The van der Waals surface area contributed by atoms with Crippen LogP contribution in [0.5, 0.6) is 11.5 Å². The van der Waals surface area contributed by atoms with E-state index in [1.807, 2.05) is 23.1 Å². The molecule has 2 fully saturated rings. The molecule has 2 aliphatic heterocycles. The van der Waals surface area contributed by atoms with Crippen LogP contribution in [0, 0.1) is 0 Å². The van der Waals surface area contributed by atoms with Crippen LogP contribution in [0.3, 0.4) is 0 Å². The first-order chi connectivity index (χ1) is 15.5. The highest BCUT2D eigenvalue weighted by molar-refractivity contribution is 7.89. The molecule has 0 bridgehead atoms. The van der Waals surface area contributed by atoms with Crippen molar-refractivity contribution in [2.24, 2.45) is 0 Å². The van der Waals surface area contributed by atoms with Gasteiger partial charge in [-0.25, -0.2) is 8.42 Å². The van der Waals surface area contributed by atoms with Gasteiger partial charge in [-0.2, -0.15) is 4.31 Å². The molecule has 0 radical (unpaired) electrons. The van der Waals surface area contributed by atoms with E-state index in [1.54, 1.807) is 18.3 Å². The van der Waals surface area contributed by atoms with Gasteiger partial charge in [0.1, 0.15) is 4.90 Å². The molecule has 1 saturated carbocycles. The summed E-state index contributed by atoms with van der Waals surface area (Å²) in [7, 11) is -3.61. The van der Waals surface area contributed by atoms with E-state index in [-0.39, 0.29) is 30.7 Å². The minimum Gasteiger partial charge on any atom is -0.454 e. The van der Waals surface area contributed by atoms with Crippen LogP contribution in [0.25, 0.3) is 0 Å². The first-order valence-corrected chi connectivity index (χ1v) is 12.5. The lowest BCUT2D eigenvalue weighted by molar-refractivity contribution is -0.140. The summed E-state index contributed by atoms with van der Waals surface area (Å²) >= 11 is 0. The number of ether oxygens (including phenoxy) is 2. The summed E-state index contributed by atoms with van der Waals surface area (Å²) in [6.07, 6.45) is 7.61. The van der Waals surface area contributed by atoms with Gasteiger partial charge in [-0.3, -0.25) is 9.78 Å². The van der Waals surface area contributed by atoms with E-state index in [1.165, 1.54) is 10.5 Å². The molecule has 8 nitrogen and oxygen atoms in total. The lowest BCUT2D eigenvalue weighted by Gasteiger charge is -2.43. The van der Waals surface area contributed by atoms with Gasteiger partial charge >= 0.3 is 0 Å². The number of hydrogen-bond acceptors (Lipinski definition) is 6. The van der Waals surface area contributed by atoms with Crippen LogP contribution in [-0.2, 0) is 20.2 Å². The van der Waals surface area contributed by atoms with E-state index in [9.17, 15) is 13.2 Å². The molecule has 5 rings (SSSR count). The number of pyridine rings is 1. The average molecular weight is 458 g/mol. The Bertz CT molecular complexity index is 1090. The summed E-state index contributed by atoms with van der Waals surface area (Å²) in [5.74, 6) is 1.49. The van der Waals surface area contributed by atoms with Crippen molar-refractivity contribution < 1.29 is 22.7 Å². The fraction of sp³-hybridized carbons (Fsp3) is 0.478. The highest BCUT2D eigenvalue weighted by Gasteiger charge is 2.45. The Kier molecular flexibility index (Phi) is 5.54. The Hall–Kier alpha value is -2.65. The Balaban J connectivity index is 1.36. The number of rotatable bonds is 4. The van der Waals surface area contributed by atoms with E-state index in [0.717, 1.165) is 37.7 Å². The summed E-state index contributed by atoms with van der Waals surface area (Å²) in [5, 5.41) is 0. The number of benzene rings is 1. The number of carbonyl (C=O) groups excluding carboxylic acids is 1. The molecule has 1 aromatic heterocycles. The molecular formula is C23H27N3O5S. The van der Waals surface area contributed by atoms with Crippen molar-refractivity contribution in [3.8, 4) is 11.5 Å². The number of sulfonamides is 1. The van der Waals surface area contributed by atoms with Gasteiger partial charge in [0.2, 0.25) is 22.7 Å². The van der Waals surface area contributed by atoms with Crippen LogP contribution >= 0.6 is 0 Å². The van der Waals surface area contributed by atoms with Gasteiger partial charge in [-0.15, -0.1) is 0 Å². The lowest BCUT2D eigenvalue weighted by atomic mass is 9.68. The zero-order valence-corrected chi connectivity index (χ0v) is 18.7. The van der Waals surface area contributed by atoms with Crippen molar-refractivity contribution in [1.82, 2.24) is 14.2 Å². The summed E-state index contributed by atoms with van der Waals surface area (Å²) < 4.78 is 38.3. The van der Waals surface area contributed by atoms with Gasteiger partial charge in [0.05, 0.1) is 5.41 Å². The highest BCUT2D eigenvalue weighted by atomic mass is 32.2. The number of carbonyl (C=O) groups is 1. The largest absolute Gasteiger partial charge is 0.454 e. The SMILES string of the molecule is O=C(N1CCN(S(=O)(=O)c2cccnc2)CC1)C1(c2ccc3c(c2)OCO3)CCCCC1. The van der Waals surface area contributed by atoms with E-state index >= 15 is 0 Å². The Morgan fingerprint density at radius 3 is 2.44 bits per heavy atom. The van der Waals surface area contributed by atoms with Gasteiger partial charge in [0.25, 0.3) is 0 Å². The van der Waals surface area contributed by atoms with Crippen LogP contribution in [-0.4, -0.2) is 61.5 Å². The number of amides is 1. The Morgan fingerprint density at radius 2 is 1.72 bits per heavy atom. The highest BCUT2D eigenvalue weighted by Crippen LogP contribution is 2.44. The second-order valence-corrected chi connectivity index (χ2v) is 10.5. The number of piperazine rings is 1. The minimum absolute atomic E-state index is 0.0921. The normalized spacial score (nSPS) is 20.8. The molecule has 32 heavy (non-hydrogen) atoms. The molecule has 170 valence electrons. The van der Waals surface area contributed by atoms with E-state index in [0.29, 0.717) is 24.6 Å². The molecule has 0 N–H and O–H groups in total. The van der Waals surface area contributed by atoms with Gasteiger partial charge in [0.15, 0.2) is 11.5 Å². The van der Waals surface area contributed by atoms with Crippen molar-refractivity contribution in [3.63, 3.8) is 0 Å². The van der Waals surface area contributed by atoms with Crippen molar-refractivity contribution in [3.05, 3.63) is 48.3 Å². The summed E-state index contributed by atoms with van der Waals surface area (Å²) in [5.41, 5.74) is 0.376. The molecule has 9 heteroatoms. The zero-order valence-electron chi connectivity index (χ0n) is 17.9. The topological polar surface area (TPSA) is 89.0 Å². The van der Waals surface area contributed by atoms with Gasteiger partial charge in [0, 0.05) is 38.6 Å². The molecule has 1 saturated heterocycles. The van der Waals surface area contributed by atoms with Gasteiger partial charge < -0.3 is 14.4 Å². The molecule has 1 aliphatic carbocycles. The van der Waals surface area contributed by atoms with Crippen molar-refractivity contribution >= 4 is 15.9 Å². The maximum atomic E-state index is 13.9. The molecule has 1 aromatic carbocycles. The third kappa shape index (κ3) is 3.63. The predicted molar refractivity (Wildman–Crippen MR) is 117 cm³/mol. The Labute approximate surface area is 188 Å². The fourth-order valence-electron chi connectivity index (χ4n) is 5.06. The monoisotopic (exact) mass is 457 g/mol. The molecule has 3 heterocycles. The van der Waals surface area contributed by atoms with Crippen molar-refractivity contribution in [2.45, 2.75) is 42.4 Å². The predicted octanol–water partition coefficient (Wildman–Crippen LogP) is 2.55. The van der Waals surface area contributed by atoms with Gasteiger partial charge in [-0.05, 0) is 42.7 Å². The molecule has 0 atom stereocenters.